The fourth-order valence-electron chi connectivity index (χ4n) is 8.07. The van der Waals surface area contributed by atoms with Crippen LogP contribution < -0.4 is 5.73 Å². The van der Waals surface area contributed by atoms with Gasteiger partial charge in [-0.2, -0.15) is 0 Å². The maximum Gasteiger partial charge on any atom is 0.255 e. The molecular weight excluding hydrogens is 370 g/mol. The number of allylic oxidation sites excluding steroid dienone is 2. The number of hydrogen-bond donors (Lipinski definition) is 1. The number of amides is 1. The molecule has 0 aromatic carbocycles. The van der Waals surface area contributed by atoms with E-state index in [1.165, 1.54) is 5.57 Å². The fourth-order valence-corrected chi connectivity index (χ4v) is 8.07. The Morgan fingerprint density at radius 1 is 1.31 bits per heavy atom. The Hall–Kier alpha value is -1.53. The number of ketones is 2. The monoisotopic (exact) mass is 401 g/mol. The summed E-state index contributed by atoms with van der Waals surface area (Å²) in [5.74, 6) is 0.573. The number of fused-ring (bicyclic) bond motifs is 6. The molecule has 158 valence electrons. The molecule has 0 aromatic rings. The van der Waals surface area contributed by atoms with Crippen LogP contribution in [0.25, 0.3) is 0 Å². The fraction of sp³-hybridized carbons (Fsp3) is 0.783. The van der Waals surface area contributed by atoms with Gasteiger partial charge in [0.05, 0.1) is 6.61 Å². The standard InChI is InChI=1S/C23H31NO5/c1-20-8-6-14(25)10-13(20)4-5-15-16-7-9-23(21(16,2)11-17(26)18(15)20)22(29-23,12-28-3)19(24)27/h4,15-16,18H,5-12H2,1-3H3,(H2,24,27)/t15-,16-,18+,20-,21-,22?,23+/m0/s1. The summed E-state index contributed by atoms with van der Waals surface area (Å²) >= 11 is 0. The molecule has 1 unspecified atom stereocenters. The molecule has 5 aliphatic rings. The predicted octanol–water partition coefficient (Wildman–Crippen LogP) is 2.34. The number of methoxy groups -OCH3 is 1. The SMILES string of the molecule is COCC1(C(N)=O)O[C@@]12CC[C@H]1[C@@H]3CC=C4CC(=O)CC[C@]4(C)[C@H]3C(=O)C[C@@]12C. The second-order valence-electron chi connectivity index (χ2n) is 10.5. The highest BCUT2D eigenvalue weighted by Gasteiger charge is 2.85. The van der Waals surface area contributed by atoms with Gasteiger partial charge in [0.25, 0.3) is 5.91 Å². The number of primary amides is 1. The van der Waals surface area contributed by atoms with Crippen molar-refractivity contribution >= 4 is 17.5 Å². The summed E-state index contributed by atoms with van der Waals surface area (Å²) in [5, 5.41) is 0. The first-order valence-corrected chi connectivity index (χ1v) is 10.9. The summed E-state index contributed by atoms with van der Waals surface area (Å²) in [6.07, 6.45) is 6.99. The maximum atomic E-state index is 13.7. The van der Waals surface area contributed by atoms with Crippen LogP contribution in [-0.2, 0) is 23.9 Å². The molecule has 0 radical (unpaired) electrons. The zero-order valence-corrected chi connectivity index (χ0v) is 17.6. The molecule has 3 saturated carbocycles. The molecule has 5 rings (SSSR count). The molecule has 6 nitrogen and oxygen atoms in total. The third kappa shape index (κ3) is 2.12. The van der Waals surface area contributed by atoms with Crippen LogP contribution in [0.1, 0.15) is 58.8 Å². The summed E-state index contributed by atoms with van der Waals surface area (Å²) in [6, 6.07) is 0. The van der Waals surface area contributed by atoms with Crippen LogP contribution in [0.2, 0.25) is 0 Å². The number of rotatable bonds is 3. The average Bonchev–Trinajstić information content (AvgIpc) is 3.23. The first-order chi connectivity index (χ1) is 13.7. The van der Waals surface area contributed by atoms with Gasteiger partial charge in [-0.1, -0.05) is 25.5 Å². The summed E-state index contributed by atoms with van der Waals surface area (Å²) < 4.78 is 11.5. The quantitative estimate of drug-likeness (QED) is 0.578. The molecule has 1 heterocycles. The van der Waals surface area contributed by atoms with Crippen LogP contribution in [0.4, 0.5) is 0 Å². The van der Waals surface area contributed by atoms with Crippen molar-refractivity contribution in [3.05, 3.63) is 11.6 Å². The minimum atomic E-state index is -1.12. The van der Waals surface area contributed by atoms with Crippen molar-refractivity contribution in [1.82, 2.24) is 0 Å². The van der Waals surface area contributed by atoms with E-state index < -0.39 is 22.5 Å². The predicted molar refractivity (Wildman–Crippen MR) is 105 cm³/mol. The van der Waals surface area contributed by atoms with Crippen LogP contribution in [0.5, 0.6) is 0 Å². The Kier molecular flexibility index (Phi) is 3.88. The lowest BCUT2D eigenvalue weighted by Gasteiger charge is -2.56. The van der Waals surface area contributed by atoms with E-state index in [-0.39, 0.29) is 35.4 Å². The number of epoxide rings is 1. The number of carbonyl (C=O) groups is 3. The van der Waals surface area contributed by atoms with Gasteiger partial charge in [-0.05, 0) is 42.9 Å². The molecule has 4 fully saturated rings. The molecule has 2 N–H and O–H groups in total. The first kappa shape index (κ1) is 19.4. The summed E-state index contributed by atoms with van der Waals surface area (Å²) in [5.41, 5.74) is 4.52. The van der Waals surface area contributed by atoms with Crippen LogP contribution in [0, 0.1) is 28.6 Å². The smallest absolute Gasteiger partial charge is 0.255 e. The highest BCUT2D eigenvalue weighted by Crippen LogP contribution is 2.74. The topological polar surface area (TPSA) is 99.0 Å². The largest absolute Gasteiger partial charge is 0.381 e. The van der Waals surface area contributed by atoms with Crippen molar-refractivity contribution in [2.75, 3.05) is 13.7 Å². The molecule has 29 heavy (non-hydrogen) atoms. The molecule has 4 aliphatic carbocycles. The van der Waals surface area contributed by atoms with Crippen molar-refractivity contribution in [3.8, 4) is 0 Å². The summed E-state index contributed by atoms with van der Waals surface area (Å²) in [6.45, 7) is 4.46. The number of carbonyl (C=O) groups excluding carboxylic acids is 3. The Labute approximate surface area is 171 Å². The van der Waals surface area contributed by atoms with Gasteiger partial charge in [-0.25, -0.2) is 0 Å². The maximum absolute atomic E-state index is 13.7. The molecule has 1 saturated heterocycles. The number of nitrogens with two attached hydrogens (primary N) is 1. The minimum absolute atomic E-state index is 0.0343. The molecular formula is C23H31NO5. The van der Waals surface area contributed by atoms with Gasteiger partial charge in [0.15, 0.2) is 5.60 Å². The Bertz CT molecular complexity index is 850. The van der Waals surface area contributed by atoms with Crippen molar-refractivity contribution in [3.63, 3.8) is 0 Å². The lowest BCUT2D eigenvalue weighted by atomic mass is 9.46. The summed E-state index contributed by atoms with van der Waals surface area (Å²) in [7, 11) is 1.55. The number of hydrogen-bond acceptors (Lipinski definition) is 5. The number of ether oxygens (including phenoxy) is 2. The Morgan fingerprint density at radius 3 is 2.76 bits per heavy atom. The van der Waals surface area contributed by atoms with E-state index in [0.29, 0.717) is 25.2 Å². The molecule has 6 heteroatoms. The molecule has 1 amide bonds. The average molecular weight is 402 g/mol. The van der Waals surface area contributed by atoms with Crippen LogP contribution in [-0.4, -0.2) is 42.4 Å². The lowest BCUT2D eigenvalue weighted by Crippen LogP contribution is -2.58. The van der Waals surface area contributed by atoms with Gasteiger partial charge in [-0.3, -0.25) is 14.4 Å². The van der Waals surface area contributed by atoms with E-state index in [9.17, 15) is 14.4 Å². The van der Waals surface area contributed by atoms with Crippen LogP contribution >= 0.6 is 0 Å². The lowest BCUT2D eigenvalue weighted by molar-refractivity contribution is -0.146. The Balaban J connectivity index is 1.54. The van der Waals surface area contributed by atoms with Gasteiger partial charge < -0.3 is 15.2 Å². The van der Waals surface area contributed by atoms with Crippen molar-refractivity contribution < 1.29 is 23.9 Å². The third-order valence-corrected chi connectivity index (χ3v) is 9.45. The summed E-state index contributed by atoms with van der Waals surface area (Å²) in [4.78, 5) is 38.1. The normalized spacial score (nSPS) is 50.6. The van der Waals surface area contributed by atoms with Crippen molar-refractivity contribution in [1.29, 1.82) is 0 Å². The molecule has 7 atom stereocenters. The molecule has 0 aromatic heterocycles. The molecule has 1 spiro atoms. The molecule has 0 bridgehead atoms. The van der Waals surface area contributed by atoms with Gasteiger partial charge in [0.1, 0.15) is 17.2 Å². The van der Waals surface area contributed by atoms with Crippen molar-refractivity contribution in [2.24, 2.45) is 34.3 Å². The third-order valence-electron chi connectivity index (χ3n) is 9.45. The van der Waals surface area contributed by atoms with E-state index in [4.69, 9.17) is 15.2 Å². The second-order valence-corrected chi connectivity index (χ2v) is 10.5. The van der Waals surface area contributed by atoms with Gasteiger partial charge in [0.2, 0.25) is 0 Å². The van der Waals surface area contributed by atoms with E-state index >= 15 is 0 Å². The van der Waals surface area contributed by atoms with E-state index in [1.807, 2.05) is 0 Å². The van der Waals surface area contributed by atoms with E-state index in [2.05, 4.69) is 19.9 Å². The second kappa shape index (κ2) is 5.79. The van der Waals surface area contributed by atoms with Crippen LogP contribution in [0.3, 0.4) is 0 Å². The van der Waals surface area contributed by atoms with Crippen LogP contribution in [0.15, 0.2) is 11.6 Å². The van der Waals surface area contributed by atoms with Gasteiger partial charge >= 0.3 is 0 Å². The highest BCUT2D eigenvalue weighted by molar-refractivity contribution is 5.91. The number of Topliss-reactive ketones (excluding diaryl/α,β-unsaturated/α-hetero) is 2. The first-order valence-electron chi connectivity index (χ1n) is 10.9. The van der Waals surface area contributed by atoms with Crippen molar-refractivity contribution in [2.45, 2.75) is 70.0 Å². The highest BCUT2D eigenvalue weighted by atomic mass is 16.7. The van der Waals surface area contributed by atoms with E-state index in [0.717, 1.165) is 25.7 Å². The molecule has 1 aliphatic heterocycles. The van der Waals surface area contributed by atoms with Gasteiger partial charge in [-0.15, -0.1) is 0 Å². The minimum Gasteiger partial charge on any atom is -0.381 e. The van der Waals surface area contributed by atoms with Gasteiger partial charge in [0, 0.05) is 37.7 Å². The zero-order valence-electron chi connectivity index (χ0n) is 17.6. The Morgan fingerprint density at radius 2 is 2.07 bits per heavy atom. The van der Waals surface area contributed by atoms with E-state index in [1.54, 1.807) is 7.11 Å². The zero-order chi connectivity index (χ0) is 20.8.